The number of carbonyl (C=O) groups is 1. The Morgan fingerprint density at radius 1 is 1.30 bits per heavy atom. The molecule has 160 valence electrons. The van der Waals surface area contributed by atoms with Gasteiger partial charge in [-0.3, -0.25) is 14.9 Å². The van der Waals surface area contributed by atoms with Crippen molar-refractivity contribution < 1.29 is 18.1 Å². The van der Waals surface area contributed by atoms with Gasteiger partial charge < -0.3 is 5.32 Å². The van der Waals surface area contributed by atoms with Gasteiger partial charge in [0.15, 0.2) is 5.78 Å². The Morgan fingerprint density at radius 2 is 2.07 bits per heavy atom. The lowest BCUT2D eigenvalue weighted by Gasteiger charge is -2.30. The molecule has 1 heterocycles. The molecule has 0 radical (unpaired) electrons. The van der Waals surface area contributed by atoms with Crippen LogP contribution in [0.3, 0.4) is 0 Å². The Bertz CT molecular complexity index is 1070. The molecule has 30 heavy (non-hydrogen) atoms. The second kappa shape index (κ2) is 9.23. The number of nitrogens with zero attached hydrogens (tertiary/aromatic N) is 2. The SMILES string of the molecule is CC1CCCN(S(=O)(=O)c2cccc(C(=O)CNc3ccc([N+](=O)[O-])cc3Br)c2)C1. The first kappa shape index (κ1) is 22.4. The van der Waals surface area contributed by atoms with Gasteiger partial charge in [-0.2, -0.15) is 4.31 Å². The molecule has 0 bridgehead atoms. The first-order valence-electron chi connectivity index (χ1n) is 9.49. The average molecular weight is 496 g/mol. The van der Waals surface area contributed by atoms with Crippen LogP contribution in [0.25, 0.3) is 0 Å². The number of non-ortho nitro benzene ring substituents is 1. The predicted octanol–water partition coefficient (Wildman–Crippen LogP) is 4.07. The van der Waals surface area contributed by atoms with Gasteiger partial charge in [0.1, 0.15) is 0 Å². The van der Waals surface area contributed by atoms with E-state index in [1.54, 1.807) is 12.1 Å². The molecule has 0 aromatic heterocycles. The van der Waals surface area contributed by atoms with Crippen LogP contribution in [0.2, 0.25) is 0 Å². The quantitative estimate of drug-likeness (QED) is 0.352. The highest BCUT2D eigenvalue weighted by Gasteiger charge is 2.29. The summed E-state index contributed by atoms with van der Waals surface area (Å²) in [6.07, 6.45) is 1.83. The summed E-state index contributed by atoms with van der Waals surface area (Å²) in [6, 6.07) is 10.2. The Morgan fingerprint density at radius 3 is 2.73 bits per heavy atom. The fourth-order valence-corrected chi connectivity index (χ4v) is 5.53. The highest BCUT2D eigenvalue weighted by atomic mass is 79.9. The van der Waals surface area contributed by atoms with E-state index in [2.05, 4.69) is 21.2 Å². The fourth-order valence-electron chi connectivity index (χ4n) is 3.38. The number of piperidine rings is 1. The molecule has 1 unspecified atom stereocenters. The van der Waals surface area contributed by atoms with Gasteiger partial charge >= 0.3 is 0 Å². The summed E-state index contributed by atoms with van der Waals surface area (Å²) < 4.78 is 27.9. The molecule has 1 saturated heterocycles. The number of hydrogen-bond donors (Lipinski definition) is 1. The minimum Gasteiger partial charge on any atom is -0.377 e. The van der Waals surface area contributed by atoms with Crippen molar-refractivity contribution in [2.75, 3.05) is 25.0 Å². The molecule has 1 N–H and O–H groups in total. The van der Waals surface area contributed by atoms with Gasteiger partial charge in [0.2, 0.25) is 10.0 Å². The Kier molecular flexibility index (Phi) is 6.89. The third kappa shape index (κ3) is 5.05. The molecule has 0 spiro atoms. The fraction of sp³-hybridized carbons (Fsp3) is 0.350. The number of sulfonamides is 1. The van der Waals surface area contributed by atoms with Crippen molar-refractivity contribution in [3.63, 3.8) is 0 Å². The lowest BCUT2D eigenvalue weighted by Crippen LogP contribution is -2.39. The van der Waals surface area contributed by atoms with Crippen LogP contribution in [0.15, 0.2) is 51.8 Å². The van der Waals surface area contributed by atoms with E-state index in [1.165, 1.54) is 34.6 Å². The summed E-state index contributed by atoms with van der Waals surface area (Å²) in [7, 11) is -3.65. The van der Waals surface area contributed by atoms with Crippen LogP contribution in [0.5, 0.6) is 0 Å². The van der Waals surface area contributed by atoms with Crippen LogP contribution in [0.1, 0.15) is 30.1 Å². The van der Waals surface area contributed by atoms with E-state index in [-0.39, 0.29) is 28.5 Å². The van der Waals surface area contributed by atoms with Crippen molar-refractivity contribution in [3.8, 4) is 0 Å². The maximum atomic E-state index is 13.0. The maximum absolute atomic E-state index is 13.0. The number of halogens is 1. The van der Waals surface area contributed by atoms with Crippen LogP contribution in [0.4, 0.5) is 11.4 Å². The number of Topliss-reactive ketones (excluding diaryl/α,β-unsaturated/α-hetero) is 1. The van der Waals surface area contributed by atoms with Gasteiger partial charge in [-0.15, -0.1) is 0 Å². The zero-order valence-corrected chi connectivity index (χ0v) is 18.8. The summed E-state index contributed by atoms with van der Waals surface area (Å²) in [5.41, 5.74) is 0.746. The van der Waals surface area contributed by atoms with Crippen LogP contribution in [0, 0.1) is 16.0 Å². The van der Waals surface area contributed by atoms with Crippen LogP contribution >= 0.6 is 15.9 Å². The molecule has 0 amide bonds. The minimum atomic E-state index is -3.65. The number of nitrogens with one attached hydrogen (secondary N) is 1. The van der Waals surface area contributed by atoms with Gasteiger partial charge in [-0.25, -0.2) is 8.42 Å². The average Bonchev–Trinajstić information content (AvgIpc) is 2.72. The Hall–Kier alpha value is -2.30. The lowest BCUT2D eigenvalue weighted by molar-refractivity contribution is -0.384. The van der Waals surface area contributed by atoms with Crippen molar-refractivity contribution >= 4 is 43.1 Å². The van der Waals surface area contributed by atoms with Gasteiger partial charge in [0.25, 0.3) is 5.69 Å². The van der Waals surface area contributed by atoms with E-state index < -0.39 is 14.9 Å². The monoisotopic (exact) mass is 495 g/mol. The van der Waals surface area contributed by atoms with E-state index in [4.69, 9.17) is 0 Å². The largest absolute Gasteiger partial charge is 0.377 e. The van der Waals surface area contributed by atoms with Crippen LogP contribution < -0.4 is 5.32 Å². The summed E-state index contributed by atoms with van der Waals surface area (Å²) in [4.78, 5) is 23.0. The van der Waals surface area contributed by atoms with Crippen molar-refractivity contribution in [2.45, 2.75) is 24.7 Å². The number of rotatable bonds is 7. The summed E-state index contributed by atoms with van der Waals surface area (Å²) in [5.74, 6) is 0.0204. The van der Waals surface area contributed by atoms with Crippen LogP contribution in [-0.4, -0.2) is 43.1 Å². The maximum Gasteiger partial charge on any atom is 0.270 e. The molecule has 3 rings (SSSR count). The lowest BCUT2D eigenvalue weighted by atomic mass is 10.0. The first-order chi connectivity index (χ1) is 14.2. The van der Waals surface area contributed by atoms with Crippen molar-refractivity contribution in [3.05, 3.63) is 62.6 Å². The van der Waals surface area contributed by atoms with Gasteiger partial charge in [0.05, 0.1) is 16.4 Å². The number of benzene rings is 2. The van der Waals surface area contributed by atoms with Crippen molar-refractivity contribution in [2.24, 2.45) is 5.92 Å². The molecule has 8 nitrogen and oxygen atoms in total. The minimum absolute atomic E-state index is 0.0660. The highest BCUT2D eigenvalue weighted by Crippen LogP contribution is 2.27. The molecule has 2 aromatic rings. The first-order valence-corrected chi connectivity index (χ1v) is 11.7. The zero-order valence-electron chi connectivity index (χ0n) is 16.4. The molecule has 1 aliphatic rings. The van der Waals surface area contributed by atoms with Gasteiger partial charge in [-0.05, 0) is 52.9 Å². The smallest absolute Gasteiger partial charge is 0.270 e. The number of carbonyl (C=O) groups excluding carboxylic acids is 1. The van der Waals surface area contributed by atoms with E-state index in [1.807, 2.05) is 6.92 Å². The molecule has 0 saturated carbocycles. The predicted molar refractivity (Wildman–Crippen MR) is 117 cm³/mol. The molecule has 1 aliphatic heterocycles. The highest BCUT2D eigenvalue weighted by molar-refractivity contribution is 9.10. The summed E-state index contributed by atoms with van der Waals surface area (Å²) in [6.45, 7) is 2.92. The third-order valence-corrected chi connectivity index (χ3v) is 7.53. The summed E-state index contributed by atoms with van der Waals surface area (Å²) >= 11 is 3.25. The zero-order chi connectivity index (χ0) is 21.9. The second-order valence-corrected chi connectivity index (χ2v) is 10.1. The van der Waals surface area contributed by atoms with E-state index in [9.17, 15) is 23.3 Å². The molecular weight excluding hydrogens is 474 g/mol. The molecule has 2 aromatic carbocycles. The standard InChI is InChI=1S/C20H22BrN3O5S/c1-14-4-3-9-23(13-14)30(28,29)17-6-2-5-15(10-17)20(25)12-22-19-8-7-16(24(26)27)11-18(19)21/h2,5-8,10-11,14,22H,3-4,9,12-13H2,1H3. The second-order valence-electron chi connectivity index (χ2n) is 7.34. The van der Waals surface area contributed by atoms with Crippen LogP contribution in [-0.2, 0) is 10.0 Å². The normalized spacial score (nSPS) is 17.5. The third-order valence-electron chi connectivity index (χ3n) is 5.02. The summed E-state index contributed by atoms with van der Waals surface area (Å²) in [5, 5.41) is 13.7. The number of ketones is 1. The van der Waals surface area contributed by atoms with Crippen molar-refractivity contribution in [1.29, 1.82) is 0 Å². The van der Waals surface area contributed by atoms with Gasteiger partial charge in [0, 0.05) is 40.9 Å². The number of anilines is 1. The topological polar surface area (TPSA) is 110 Å². The molecule has 10 heteroatoms. The van der Waals surface area contributed by atoms with E-state index >= 15 is 0 Å². The molecular formula is C20H22BrN3O5S. The van der Waals surface area contributed by atoms with E-state index in [0.717, 1.165) is 12.8 Å². The molecule has 1 atom stereocenters. The van der Waals surface area contributed by atoms with E-state index in [0.29, 0.717) is 29.2 Å². The number of nitro groups is 1. The Balaban J connectivity index is 1.72. The number of hydrogen-bond acceptors (Lipinski definition) is 6. The van der Waals surface area contributed by atoms with Gasteiger partial charge in [-0.1, -0.05) is 19.1 Å². The van der Waals surface area contributed by atoms with Crippen molar-refractivity contribution in [1.82, 2.24) is 4.31 Å². The Labute approximate surface area is 183 Å². The molecule has 1 fully saturated rings. The number of nitro benzene ring substituents is 1. The molecule has 0 aliphatic carbocycles.